The average molecular weight is 263 g/mol. The molecule has 1 atom stereocenters. The highest BCUT2D eigenvalue weighted by atomic mass is 35.5. The second-order valence-electron chi connectivity index (χ2n) is 3.20. The first-order chi connectivity index (χ1) is 7.54. The lowest BCUT2D eigenvalue weighted by Gasteiger charge is -2.09. The highest BCUT2D eigenvalue weighted by Crippen LogP contribution is 2.19. The van der Waals surface area contributed by atoms with E-state index in [1.54, 1.807) is 6.92 Å². The Balaban J connectivity index is 2.63. The highest BCUT2D eigenvalue weighted by Gasteiger charge is 2.07. The van der Waals surface area contributed by atoms with Gasteiger partial charge in [-0.25, -0.2) is 4.98 Å². The molecule has 0 aliphatic rings. The van der Waals surface area contributed by atoms with E-state index in [4.69, 9.17) is 17.3 Å². The average Bonchev–Trinajstić information content (AvgIpc) is 2.24. The van der Waals surface area contributed by atoms with E-state index < -0.39 is 10.8 Å². The van der Waals surface area contributed by atoms with Crippen molar-refractivity contribution in [1.82, 2.24) is 9.97 Å². The fraction of sp³-hybridized carbons (Fsp3) is 0.556. The van der Waals surface area contributed by atoms with Crippen LogP contribution in [0.25, 0.3) is 0 Å². The number of rotatable bonds is 5. The van der Waals surface area contributed by atoms with E-state index in [9.17, 15) is 4.21 Å². The van der Waals surface area contributed by atoms with Gasteiger partial charge in [0.25, 0.3) is 0 Å². The third kappa shape index (κ3) is 3.61. The Labute approximate surface area is 102 Å². The van der Waals surface area contributed by atoms with E-state index >= 15 is 0 Å². The molecule has 3 N–H and O–H groups in total. The summed E-state index contributed by atoms with van der Waals surface area (Å²) < 4.78 is 11.2. The van der Waals surface area contributed by atoms with Gasteiger partial charge in [0.15, 0.2) is 5.82 Å². The quantitative estimate of drug-likeness (QED) is 0.780. The maximum Gasteiger partial charge on any atom is 0.224 e. The summed E-state index contributed by atoms with van der Waals surface area (Å²) in [6, 6.07) is 0. The topological polar surface area (TPSA) is 80.9 Å². The maximum absolute atomic E-state index is 11.2. The van der Waals surface area contributed by atoms with E-state index in [0.717, 1.165) is 0 Å². The number of halogens is 1. The molecule has 0 amide bonds. The zero-order chi connectivity index (χ0) is 12.1. The van der Waals surface area contributed by atoms with E-state index in [0.29, 0.717) is 35.2 Å². The maximum atomic E-state index is 11.2. The fourth-order valence-electron chi connectivity index (χ4n) is 1.11. The molecule has 1 unspecified atom stereocenters. The Morgan fingerprint density at radius 3 is 2.81 bits per heavy atom. The Morgan fingerprint density at radius 2 is 2.19 bits per heavy atom. The Morgan fingerprint density at radius 1 is 1.50 bits per heavy atom. The summed E-state index contributed by atoms with van der Waals surface area (Å²) in [4.78, 5) is 7.90. The minimum absolute atomic E-state index is 0.158. The van der Waals surface area contributed by atoms with Crippen LogP contribution in [0.5, 0.6) is 0 Å². The molecule has 90 valence electrons. The number of nitrogens with two attached hydrogens (primary N) is 1. The van der Waals surface area contributed by atoms with E-state index in [1.807, 2.05) is 6.92 Å². The number of aromatic nitrogens is 2. The lowest BCUT2D eigenvalue weighted by molar-refractivity contribution is 0.684. The van der Waals surface area contributed by atoms with Crippen LogP contribution < -0.4 is 11.1 Å². The molecule has 0 saturated heterocycles. The van der Waals surface area contributed by atoms with Gasteiger partial charge in [0.1, 0.15) is 0 Å². The fourth-order valence-corrected chi connectivity index (χ4v) is 1.94. The van der Waals surface area contributed by atoms with Crippen molar-refractivity contribution in [1.29, 1.82) is 0 Å². The van der Waals surface area contributed by atoms with Crippen molar-refractivity contribution in [2.45, 2.75) is 13.8 Å². The third-order valence-electron chi connectivity index (χ3n) is 2.05. The molecule has 0 bridgehead atoms. The lowest BCUT2D eigenvalue weighted by Crippen LogP contribution is -2.14. The number of hydrogen-bond donors (Lipinski definition) is 2. The summed E-state index contributed by atoms with van der Waals surface area (Å²) in [6.45, 7) is 4.20. The second kappa shape index (κ2) is 6.00. The van der Waals surface area contributed by atoms with Crippen LogP contribution >= 0.6 is 11.6 Å². The number of anilines is 2. The summed E-state index contributed by atoms with van der Waals surface area (Å²) in [5, 5.41) is 3.16. The zero-order valence-electron chi connectivity index (χ0n) is 9.29. The van der Waals surface area contributed by atoms with Gasteiger partial charge in [0.05, 0.1) is 11.4 Å². The van der Waals surface area contributed by atoms with Crippen molar-refractivity contribution >= 4 is 33.9 Å². The normalized spacial score (nSPS) is 12.4. The highest BCUT2D eigenvalue weighted by molar-refractivity contribution is 7.84. The summed E-state index contributed by atoms with van der Waals surface area (Å²) >= 11 is 5.71. The molecule has 0 aliphatic carbocycles. The molecular formula is C9H15ClN4OS. The van der Waals surface area contributed by atoms with Crippen molar-refractivity contribution in [3.8, 4) is 0 Å². The molecule has 1 aromatic rings. The van der Waals surface area contributed by atoms with Gasteiger partial charge in [-0.3, -0.25) is 4.21 Å². The van der Waals surface area contributed by atoms with Gasteiger partial charge in [0.2, 0.25) is 5.28 Å². The monoisotopic (exact) mass is 262 g/mol. The van der Waals surface area contributed by atoms with Crippen LogP contribution in [-0.4, -0.2) is 32.2 Å². The van der Waals surface area contributed by atoms with Crippen LogP contribution in [0.1, 0.15) is 12.6 Å². The number of hydrogen-bond acceptors (Lipinski definition) is 5. The Hall–Kier alpha value is -0.880. The third-order valence-corrected chi connectivity index (χ3v) is 3.53. The van der Waals surface area contributed by atoms with Crippen LogP contribution in [0, 0.1) is 6.92 Å². The molecule has 16 heavy (non-hydrogen) atoms. The van der Waals surface area contributed by atoms with Crippen molar-refractivity contribution in [2.75, 3.05) is 29.1 Å². The molecule has 0 radical (unpaired) electrons. The van der Waals surface area contributed by atoms with Gasteiger partial charge in [-0.15, -0.1) is 0 Å². The molecule has 0 saturated carbocycles. The van der Waals surface area contributed by atoms with Crippen molar-refractivity contribution in [3.63, 3.8) is 0 Å². The SMILES string of the molecule is CCS(=O)CCNc1nc(Cl)nc(C)c1N. The first-order valence-electron chi connectivity index (χ1n) is 4.93. The molecule has 1 rings (SSSR count). The van der Waals surface area contributed by atoms with Gasteiger partial charge in [-0.2, -0.15) is 4.98 Å². The first-order valence-corrected chi connectivity index (χ1v) is 6.79. The molecule has 5 nitrogen and oxygen atoms in total. The van der Waals surface area contributed by atoms with Crippen molar-refractivity contribution < 1.29 is 4.21 Å². The van der Waals surface area contributed by atoms with Crippen LogP contribution in [-0.2, 0) is 10.8 Å². The summed E-state index contributed by atoms with van der Waals surface area (Å²) in [6.07, 6.45) is 0. The first kappa shape index (κ1) is 13.2. The number of nitrogen functional groups attached to an aromatic ring is 1. The van der Waals surface area contributed by atoms with Gasteiger partial charge in [0, 0.05) is 28.9 Å². The van der Waals surface area contributed by atoms with Crippen LogP contribution in [0.2, 0.25) is 5.28 Å². The van der Waals surface area contributed by atoms with Gasteiger partial charge >= 0.3 is 0 Å². The molecule has 0 aromatic carbocycles. The van der Waals surface area contributed by atoms with E-state index in [1.165, 1.54) is 0 Å². The van der Waals surface area contributed by atoms with Gasteiger partial charge < -0.3 is 11.1 Å². The van der Waals surface area contributed by atoms with Crippen LogP contribution in [0.15, 0.2) is 0 Å². The number of aryl methyl sites for hydroxylation is 1. The molecular weight excluding hydrogens is 248 g/mol. The zero-order valence-corrected chi connectivity index (χ0v) is 10.9. The van der Waals surface area contributed by atoms with Crippen LogP contribution in [0.4, 0.5) is 11.5 Å². The van der Waals surface area contributed by atoms with Crippen LogP contribution in [0.3, 0.4) is 0 Å². The second-order valence-corrected chi connectivity index (χ2v) is 5.40. The van der Waals surface area contributed by atoms with Crippen molar-refractivity contribution in [2.24, 2.45) is 0 Å². The lowest BCUT2D eigenvalue weighted by atomic mass is 10.3. The minimum atomic E-state index is -0.798. The molecule has 7 heteroatoms. The summed E-state index contributed by atoms with van der Waals surface area (Å²) in [7, 11) is -0.798. The molecule has 1 aromatic heterocycles. The predicted octanol–water partition coefficient (Wildman–Crippen LogP) is 1.20. The largest absolute Gasteiger partial charge is 0.394 e. The molecule has 1 heterocycles. The van der Waals surface area contributed by atoms with E-state index in [-0.39, 0.29) is 5.28 Å². The Bertz CT molecular complexity index is 399. The summed E-state index contributed by atoms with van der Waals surface area (Å²) in [5.74, 6) is 1.72. The molecule has 0 aliphatic heterocycles. The standard InChI is InChI=1S/C9H15ClN4OS/c1-3-16(15)5-4-12-8-7(11)6(2)13-9(10)14-8/h3-5,11H2,1-2H3,(H,12,13,14). The minimum Gasteiger partial charge on any atom is -0.394 e. The molecule has 0 fully saturated rings. The van der Waals surface area contributed by atoms with Crippen molar-refractivity contribution in [3.05, 3.63) is 11.0 Å². The van der Waals surface area contributed by atoms with Gasteiger partial charge in [-0.05, 0) is 18.5 Å². The smallest absolute Gasteiger partial charge is 0.224 e. The number of nitrogens with one attached hydrogen (secondary N) is 1. The molecule has 0 spiro atoms. The Kier molecular flexibility index (Phi) is 4.95. The van der Waals surface area contributed by atoms with Gasteiger partial charge in [-0.1, -0.05) is 6.92 Å². The summed E-state index contributed by atoms with van der Waals surface area (Å²) in [5.41, 5.74) is 6.90. The number of nitrogens with zero attached hydrogens (tertiary/aromatic N) is 2. The van der Waals surface area contributed by atoms with E-state index in [2.05, 4.69) is 15.3 Å². The predicted molar refractivity (Wildman–Crippen MR) is 68.2 cm³/mol.